The molecule has 4 amide bonds. The first kappa shape index (κ1) is 16.6. The van der Waals surface area contributed by atoms with Gasteiger partial charge in [0, 0.05) is 18.1 Å². The Morgan fingerprint density at radius 3 is 2.44 bits per heavy atom. The van der Waals surface area contributed by atoms with Gasteiger partial charge in [0.2, 0.25) is 5.91 Å². The molecule has 1 unspecified atom stereocenters. The number of imide groups is 1. The maximum absolute atomic E-state index is 12.8. The van der Waals surface area contributed by atoms with Gasteiger partial charge in [0.15, 0.2) is 0 Å². The number of hydrogen-bond acceptors (Lipinski definition) is 4. The van der Waals surface area contributed by atoms with E-state index >= 15 is 0 Å². The largest absolute Gasteiger partial charge is 0.325 e. The van der Waals surface area contributed by atoms with Crippen molar-refractivity contribution >= 4 is 23.5 Å². The summed E-state index contributed by atoms with van der Waals surface area (Å²) in [7, 11) is 0. The van der Waals surface area contributed by atoms with Gasteiger partial charge in [-0.3, -0.25) is 19.5 Å². The van der Waals surface area contributed by atoms with Crippen LogP contribution in [-0.2, 0) is 15.1 Å². The number of pyridine rings is 1. The number of carbonyl (C=O) groups is 3. The Morgan fingerprint density at radius 1 is 1.16 bits per heavy atom. The van der Waals surface area contributed by atoms with Gasteiger partial charge in [0.25, 0.3) is 5.91 Å². The number of aromatic nitrogens is 1. The Bertz CT molecular complexity index is 820. The first-order valence-electron chi connectivity index (χ1n) is 7.81. The van der Waals surface area contributed by atoms with Gasteiger partial charge in [-0.25, -0.2) is 4.79 Å². The zero-order valence-electron chi connectivity index (χ0n) is 13.9. The Labute approximate surface area is 145 Å². The highest BCUT2D eigenvalue weighted by atomic mass is 16.2. The standard InChI is InChI=1S/C18H18N4O3/c1-12-3-5-13(6-4-12)18(2)16(24)22(17(25)21-18)11-15(23)20-14-7-9-19-10-8-14/h3-10H,11H2,1-2H3,(H,21,25)(H,19,20,23). The number of nitrogens with zero attached hydrogens (tertiary/aromatic N) is 2. The fourth-order valence-electron chi connectivity index (χ4n) is 2.70. The van der Waals surface area contributed by atoms with Crippen molar-refractivity contribution < 1.29 is 14.4 Å². The van der Waals surface area contributed by atoms with Crippen LogP contribution < -0.4 is 10.6 Å². The molecule has 0 radical (unpaired) electrons. The topological polar surface area (TPSA) is 91.4 Å². The van der Waals surface area contributed by atoms with Crippen LogP contribution in [0.15, 0.2) is 48.8 Å². The van der Waals surface area contributed by atoms with Gasteiger partial charge < -0.3 is 10.6 Å². The first-order valence-corrected chi connectivity index (χ1v) is 7.81. The average Bonchev–Trinajstić information content (AvgIpc) is 2.80. The molecule has 1 atom stereocenters. The minimum atomic E-state index is -1.18. The normalized spacial score (nSPS) is 19.7. The predicted octanol–water partition coefficient (Wildman–Crippen LogP) is 1.80. The highest BCUT2D eigenvalue weighted by Crippen LogP contribution is 2.28. The summed E-state index contributed by atoms with van der Waals surface area (Å²) in [5.74, 6) is -0.908. The molecule has 2 heterocycles. The van der Waals surface area contributed by atoms with E-state index < -0.39 is 23.4 Å². The van der Waals surface area contributed by atoms with Gasteiger partial charge in [-0.2, -0.15) is 0 Å². The number of anilines is 1. The van der Waals surface area contributed by atoms with E-state index in [1.807, 2.05) is 19.1 Å². The van der Waals surface area contributed by atoms with Crippen molar-refractivity contribution in [3.8, 4) is 0 Å². The zero-order chi connectivity index (χ0) is 18.0. The second-order valence-corrected chi connectivity index (χ2v) is 6.10. The summed E-state index contributed by atoms with van der Waals surface area (Å²) >= 11 is 0. The van der Waals surface area contributed by atoms with E-state index in [9.17, 15) is 14.4 Å². The summed E-state index contributed by atoms with van der Waals surface area (Å²) in [6, 6.07) is 10.0. The van der Waals surface area contributed by atoms with Gasteiger partial charge in [-0.1, -0.05) is 29.8 Å². The molecule has 128 valence electrons. The van der Waals surface area contributed by atoms with E-state index in [4.69, 9.17) is 0 Å². The smallest absolute Gasteiger partial charge is 0.324 e. The third kappa shape index (κ3) is 3.21. The molecular weight excluding hydrogens is 320 g/mol. The summed E-state index contributed by atoms with van der Waals surface area (Å²) in [4.78, 5) is 41.9. The van der Waals surface area contributed by atoms with Crippen LogP contribution in [0.5, 0.6) is 0 Å². The highest BCUT2D eigenvalue weighted by molar-refractivity contribution is 6.10. The molecule has 2 N–H and O–H groups in total. The van der Waals surface area contributed by atoms with Crippen LogP contribution in [-0.4, -0.2) is 34.3 Å². The van der Waals surface area contributed by atoms with Crippen LogP contribution in [0.1, 0.15) is 18.1 Å². The third-order valence-corrected chi connectivity index (χ3v) is 4.17. The lowest BCUT2D eigenvalue weighted by atomic mass is 9.91. The minimum absolute atomic E-state index is 0.353. The molecule has 25 heavy (non-hydrogen) atoms. The Balaban J connectivity index is 1.75. The molecule has 1 aliphatic rings. The Hall–Kier alpha value is -3.22. The number of amides is 4. The molecule has 1 aromatic heterocycles. The molecule has 2 aromatic rings. The van der Waals surface area contributed by atoms with Crippen LogP contribution in [0.2, 0.25) is 0 Å². The molecular formula is C18H18N4O3. The van der Waals surface area contributed by atoms with Gasteiger partial charge in [0.05, 0.1) is 0 Å². The van der Waals surface area contributed by atoms with E-state index in [1.165, 1.54) is 12.4 Å². The molecule has 1 aliphatic heterocycles. The minimum Gasteiger partial charge on any atom is -0.324 e. The van der Waals surface area contributed by atoms with Gasteiger partial charge in [0.1, 0.15) is 12.1 Å². The summed E-state index contributed by atoms with van der Waals surface area (Å²) < 4.78 is 0. The van der Waals surface area contributed by atoms with E-state index in [-0.39, 0.29) is 6.54 Å². The van der Waals surface area contributed by atoms with Crippen molar-refractivity contribution in [2.24, 2.45) is 0 Å². The second kappa shape index (κ2) is 6.35. The molecule has 0 aliphatic carbocycles. The fraction of sp³-hybridized carbons (Fsp3) is 0.222. The van der Waals surface area contributed by atoms with Crippen LogP contribution in [0.25, 0.3) is 0 Å². The SMILES string of the molecule is Cc1ccc(C2(C)NC(=O)N(CC(=O)Nc3ccncc3)C2=O)cc1. The molecule has 1 saturated heterocycles. The molecule has 1 aromatic carbocycles. The fourth-order valence-corrected chi connectivity index (χ4v) is 2.70. The van der Waals surface area contributed by atoms with Crippen LogP contribution in [0.4, 0.5) is 10.5 Å². The van der Waals surface area contributed by atoms with Crippen molar-refractivity contribution in [1.29, 1.82) is 0 Å². The number of hydrogen-bond donors (Lipinski definition) is 2. The molecule has 0 bridgehead atoms. The van der Waals surface area contributed by atoms with Crippen LogP contribution >= 0.6 is 0 Å². The predicted molar refractivity (Wildman–Crippen MR) is 91.6 cm³/mol. The van der Waals surface area contributed by atoms with Crippen molar-refractivity contribution in [1.82, 2.24) is 15.2 Å². The van der Waals surface area contributed by atoms with Crippen LogP contribution in [0, 0.1) is 6.92 Å². The lowest BCUT2D eigenvalue weighted by molar-refractivity contribution is -0.133. The van der Waals surface area contributed by atoms with E-state index in [0.29, 0.717) is 11.3 Å². The first-order chi connectivity index (χ1) is 11.9. The monoisotopic (exact) mass is 338 g/mol. The number of rotatable bonds is 4. The number of benzene rings is 1. The Kier molecular flexibility index (Phi) is 4.22. The summed E-state index contributed by atoms with van der Waals surface area (Å²) in [5, 5.41) is 5.31. The quantitative estimate of drug-likeness (QED) is 0.832. The summed E-state index contributed by atoms with van der Waals surface area (Å²) in [6.07, 6.45) is 3.08. The summed E-state index contributed by atoms with van der Waals surface area (Å²) in [6.45, 7) is 3.23. The van der Waals surface area contributed by atoms with Crippen molar-refractivity contribution in [3.05, 3.63) is 59.9 Å². The number of urea groups is 1. The lowest BCUT2D eigenvalue weighted by Gasteiger charge is -2.22. The molecule has 0 saturated carbocycles. The van der Waals surface area contributed by atoms with Gasteiger partial charge in [-0.15, -0.1) is 0 Å². The van der Waals surface area contributed by atoms with E-state index in [2.05, 4.69) is 15.6 Å². The second-order valence-electron chi connectivity index (χ2n) is 6.10. The maximum atomic E-state index is 12.8. The number of aryl methyl sites for hydroxylation is 1. The number of nitrogens with one attached hydrogen (secondary N) is 2. The molecule has 0 spiro atoms. The molecule has 7 heteroatoms. The van der Waals surface area contributed by atoms with E-state index in [0.717, 1.165) is 10.5 Å². The molecule has 7 nitrogen and oxygen atoms in total. The number of carbonyl (C=O) groups excluding carboxylic acids is 3. The summed E-state index contributed by atoms with van der Waals surface area (Å²) in [5.41, 5.74) is 1.10. The maximum Gasteiger partial charge on any atom is 0.325 e. The highest BCUT2D eigenvalue weighted by Gasteiger charge is 2.49. The zero-order valence-corrected chi connectivity index (χ0v) is 13.9. The average molecular weight is 338 g/mol. The van der Waals surface area contributed by atoms with Crippen LogP contribution in [0.3, 0.4) is 0 Å². The third-order valence-electron chi connectivity index (χ3n) is 4.17. The Morgan fingerprint density at radius 2 is 1.80 bits per heavy atom. The van der Waals surface area contributed by atoms with Crippen molar-refractivity contribution in [3.63, 3.8) is 0 Å². The lowest BCUT2D eigenvalue weighted by Crippen LogP contribution is -2.42. The van der Waals surface area contributed by atoms with Gasteiger partial charge in [-0.05, 0) is 31.5 Å². The molecule has 3 rings (SSSR count). The van der Waals surface area contributed by atoms with E-state index in [1.54, 1.807) is 31.2 Å². The molecule has 1 fully saturated rings. The van der Waals surface area contributed by atoms with Crippen molar-refractivity contribution in [2.45, 2.75) is 19.4 Å². The van der Waals surface area contributed by atoms with Gasteiger partial charge >= 0.3 is 6.03 Å². The van der Waals surface area contributed by atoms with Crippen molar-refractivity contribution in [2.75, 3.05) is 11.9 Å².